The third kappa shape index (κ3) is 4.32. The highest BCUT2D eigenvalue weighted by Crippen LogP contribution is 2.38. The monoisotopic (exact) mass is 391 g/mol. The Balaban J connectivity index is 1.92. The van der Waals surface area contributed by atoms with Gasteiger partial charge in [0.1, 0.15) is 0 Å². The van der Waals surface area contributed by atoms with Gasteiger partial charge in [-0.1, -0.05) is 38.1 Å². The van der Waals surface area contributed by atoms with E-state index in [0.29, 0.717) is 25.3 Å². The van der Waals surface area contributed by atoms with Crippen LogP contribution in [0.15, 0.2) is 48.5 Å². The molecule has 28 heavy (non-hydrogen) atoms. The fraction of sp³-hybridized carbons (Fsp3) is 0.409. The molecule has 1 N–H and O–H groups in total. The summed E-state index contributed by atoms with van der Waals surface area (Å²) in [7, 11) is 0. The van der Waals surface area contributed by atoms with E-state index in [2.05, 4.69) is 13.8 Å². The number of aliphatic carboxylic acids is 1. The second-order valence-electron chi connectivity index (χ2n) is 7.65. The van der Waals surface area contributed by atoms with Crippen LogP contribution in [0.3, 0.4) is 0 Å². The molecule has 0 spiro atoms. The van der Waals surface area contributed by atoms with E-state index in [1.165, 1.54) is 17.7 Å². The lowest BCUT2D eigenvalue weighted by atomic mass is 9.88. The van der Waals surface area contributed by atoms with Gasteiger partial charge >= 0.3 is 12.1 Å². The minimum atomic E-state index is -4.37. The second-order valence-corrected chi connectivity index (χ2v) is 7.65. The molecule has 0 aliphatic carbocycles. The third-order valence-electron chi connectivity index (χ3n) is 5.45. The first-order valence-corrected chi connectivity index (χ1v) is 9.43. The molecule has 6 heteroatoms. The Kier molecular flexibility index (Phi) is 5.68. The maximum atomic E-state index is 12.9. The SMILES string of the molecule is CC(C)c1ccc(N2C[C@@H](C(=O)O)CC[C@H]2c2ccc(C(F)(F)F)cc2)cc1. The van der Waals surface area contributed by atoms with Gasteiger partial charge in [0.05, 0.1) is 17.5 Å². The van der Waals surface area contributed by atoms with Gasteiger partial charge in [0.25, 0.3) is 0 Å². The fourth-order valence-electron chi connectivity index (χ4n) is 3.75. The molecule has 0 unspecified atom stereocenters. The number of hydrogen-bond acceptors (Lipinski definition) is 2. The zero-order valence-corrected chi connectivity index (χ0v) is 15.9. The minimum Gasteiger partial charge on any atom is -0.481 e. The Morgan fingerprint density at radius 2 is 1.64 bits per heavy atom. The van der Waals surface area contributed by atoms with Crippen LogP contribution in [-0.2, 0) is 11.0 Å². The predicted molar refractivity (Wildman–Crippen MR) is 102 cm³/mol. The number of rotatable bonds is 4. The molecule has 0 bridgehead atoms. The van der Waals surface area contributed by atoms with E-state index in [9.17, 15) is 23.1 Å². The van der Waals surface area contributed by atoms with E-state index in [1.54, 1.807) is 0 Å². The lowest BCUT2D eigenvalue weighted by molar-refractivity contribution is -0.142. The van der Waals surface area contributed by atoms with Crippen molar-refractivity contribution in [1.82, 2.24) is 0 Å². The number of carbonyl (C=O) groups is 1. The summed E-state index contributed by atoms with van der Waals surface area (Å²) in [5.74, 6) is -0.946. The normalized spacial score (nSPS) is 20.4. The van der Waals surface area contributed by atoms with Crippen molar-refractivity contribution in [3.8, 4) is 0 Å². The number of alkyl halides is 3. The molecular weight excluding hydrogens is 367 g/mol. The molecule has 3 nitrogen and oxygen atoms in total. The molecule has 0 saturated carbocycles. The highest BCUT2D eigenvalue weighted by molar-refractivity contribution is 5.71. The topological polar surface area (TPSA) is 40.5 Å². The van der Waals surface area contributed by atoms with Gasteiger partial charge in [0, 0.05) is 12.2 Å². The molecule has 1 heterocycles. The van der Waals surface area contributed by atoms with Crippen molar-refractivity contribution < 1.29 is 23.1 Å². The highest BCUT2D eigenvalue weighted by atomic mass is 19.4. The van der Waals surface area contributed by atoms with Gasteiger partial charge in [-0.15, -0.1) is 0 Å². The standard InChI is InChI=1S/C22H24F3NO2/c1-14(2)15-5-10-19(11-6-15)26-13-17(21(27)28)7-12-20(26)16-3-8-18(9-4-16)22(23,24)25/h3-6,8-11,14,17,20H,7,12-13H2,1-2H3,(H,27,28)/t17-,20-/m0/s1. The number of anilines is 1. The van der Waals surface area contributed by atoms with Crippen molar-refractivity contribution in [2.45, 2.75) is 44.8 Å². The summed E-state index contributed by atoms with van der Waals surface area (Å²) < 4.78 is 38.6. The number of halogens is 3. The Labute approximate surface area is 162 Å². The van der Waals surface area contributed by atoms with Crippen molar-refractivity contribution in [3.05, 3.63) is 65.2 Å². The predicted octanol–water partition coefficient (Wildman–Crippen LogP) is 5.87. The van der Waals surface area contributed by atoms with Gasteiger partial charge in [-0.05, 0) is 54.2 Å². The van der Waals surface area contributed by atoms with Gasteiger partial charge in [0.2, 0.25) is 0 Å². The van der Waals surface area contributed by atoms with Crippen LogP contribution >= 0.6 is 0 Å². The van der Waals surface area contributed by atoms with Crippen LogP contribution in [0.1, 0.15) is 55.3 Å². The zero-order valence-electron chi connectivity index (χ0n) is 15.9. The maximum absolute atomic E-state index is 12.9. The summed E-state index contributed by atoms with van der Waals surface area (Å²) in [6.07, 6.45) is -3.29. The maximum Gasteiger partial charge on any atom is 0.416 e. The molecule has 3 rings (SSSR count). The Hall–Kier alpha value is -2.50. The summed E-state index contributed by atoms with van der Waals surface area (Å²) in [6.45, 7) is 4.53. The van der Waals surface area contributed by atoms with Gasteiger partial charge in [-0.25, -0.2) is 0 Å². The van der Waals surface area contributed by atoms with Gasteiger partial charge in [-0.3, -0.25) is 4.79 Å². The van der Waals surface area contributed by atoms with Crippen LogP contribution < -0.4 is 4.90 Å². The molecule has 2 aromatic rings. The van der Waals surface area contributed by atoms with Gasteiger partial charge in [0.15, 0.2) is 0 Å². The van der Waals surface area contributed by atoms with E-state index in [1.807, 2.05) is 29.2 Å². The molecular formula is C22H24F3NO2. The van der Waals surface area contributed by atoms with E-state index >= 15 is 0 Å². The summed E-state index contributed by atoms with van der Waals surface area (Å²) in [4.78, 5) is 13.5. The average Bonchev–Trinajstić information content (AvgIpc) is 2.67. The molecule has 0 radical (unpaired) electrons. The van der Waals surface area contributed by atoms with E-state index < -0.39 is 23.6 Å². The van der Waals surface area contributed by atoms with Crippen LogP contribution in [0.2, 0.25) is 0 Å². The molecule has 1 fully saturated rings. The summed E-state index contributed by atoms with van der Waals surface area (Å²) >= 11 is 0. The Morgan fingerprint density at radius 3 is 2.14 bits per heavy atom. The van der Waals surface area contributed by atoms with Crippen LogP contribution in [0.5, 0.6) is 0 Å². The molecule has 1 saturated heterocycles. The number of piperidine rings is 1. The molecule has 2 atom stereocenters. The zero-order chi connectivity index (χ0) is 20.5. The molecule has 1 aliphatic rings. The van der Waals surface area contributed by atoms with E-state index in [4.69, 9.17) is 0 Å². The first-order valence-electron chi connectivity index (χ1n) is 9.43. The molecule has 2 aromatic carbocycles. The largest absolute Gasteiger partial charge is 0.481 e. The molecule has 150 valence electrons. The smallest absolute Gasteiger partial charge is 0.416 e. The van der Waals surface area contributed by atoms with Crippen molar-refractivity contribution in [3.63, 3.8) is 0 Å². The minimum absolute atomic E-state index is 0.150. The van der Waals surface area contributed by atoms with Crippen molar-refractivity contribution in [2.24, 2.45) is 5.92 Å². The van der Waals surface area contributed by atoms with E-state index in [-0.39, 0.29) is 6.04 Å². The Bertz CT molecular complexity index is 813. The Morgan fingerprint density at radius 1 is 1.04 bits per heavy atom. The van der Waals surface area contributed by atoms with Crippen molar-refractivity contribution >= 4 is 11.7 Å². The molecule has 0 aromatic heterocycles. The number of carboxylic acid groups (broad SMARTS) is 1. The first-order chi connectivity index (χ1) is 13.2. The number of nitrogens with zero attached hydrogens (tertiary/aromatic N) is 1. The van der Waals surface area contributed by atoms with Crippen LogP contribution in [0, 0.1) is 5.92 Å². The summed E-state index contributed by atoms with van der Waals surface area (Å²) in [5.41, 5.74) is 2.16. The lowest BCUT2D eigenvalue weighted by Gasteiger charge is -2.40. The van der Waals surface area contributed by atoms with Crippen LogP contribution in [0.4, 0.5) is 18.9 Å². The highest BCUT2D eigenvalue weighted by Gasteiger charge is 2.34. The summed E-state index contributed by atoms with van der Waals surface area (Å²) in [6, 6.07) is 13.0. The molecule has 1 aliphatic heterocycles. The molecule has 0 amide bonds. The number of benzene rings is 2. The van der Waals surface area contributed by atoms with Crippen LogP contribution in [0.25, 0.3) is 0 Å². The van der Waals surface area contributed by atoms with Crippen LogP contribution in [-0.4, -0.2) is 17.6 Å². The fourth-order valence-corrected chi connectivity index (χ4v) is 3.75. The average molecular weight is 391 g/mol. The number of carboxylic acids is 1. The second kappa shape index (κ2) is 7.86. The van der Waals surface area contributed by atoms with Gasteiger partial charge < -0.3 is 10.0 Å². The lowest BCUT2D eigenvalue weighted by Crippen LogP contribution is -2.41. The summed E-state index contributed by atoms with van der Waals surface area (Å²) in [5, 5.41) is 9.45. The van der Waals surface area contributed by atoms with Gasteiger partial charge in [-0.2, -0.15) is 13.2 Å². The van der Waals surface area contributed by atoms with E-state index in [0.717, 1.165) is 23.4 Å². The quantitative estimate of drug-likeness (QED) is 0.708. The first kappa shape index (κ1) is 20.2. The third-order valence-corrected chi connectivity index (χ3v) is 5.45. The van der Waals surface area contributed by atoms with Crippen molar-refractivity contribution in [2.75, 3.05) is 11.4 Å². The number of hydrogen-bond donors (Lipinski definition) is 1. The van der Waals surface area contributed by atoms with Crippen molar-refractivity contribution in [1.29, 1.82) is 0 Å².